The van der Waals surface area contributed by atoms with Crippen LogP contribution < -0.4 is 10.1 Å². The molecular formula is C28H26ClNO2. The van der Waals surface area contributed by atoms with Crippen LogP contribution in [-0.2, 0) is 11.4 Å². The van der Waals surface area contributed by atoms with Crippen LogP contribution in [0.1, 0.15) is 35.1 Å². The Morgan fingerprint density at radius 1 is 0.938 bits per heavy atom. The van der Waals surface area contributed by atoms with Crippen LogP contribution in [0.3, 0.4) is 0 Å². The second-order valence-electron chi connectivity index (χ2n) is 8.14. The number of rotatable bonds is 6. The van der Waals surface area contributed by atoms with Crippen molar-refractivity contribution >= 4 is 34.0 Å². The minimum absolute atomic E-state index is 0.0448. The smallest absolute Gasteiger partial charge is 0.231 e. The first-order valence-corrected chi connectivity index (χ1v) is 11.1. The summed E-state index contributed by atoms with van der Waals surface area (Å²) in [5.41, 5.74) is 4.98. The molecule has 0 saturated carbocycles. The Morgan fingerprint density at radius 3 is 2.50 bits per heavy atom. The Balaban J connectivity index is 1.46. The van der Waals surface area contributed by atoms with Crippen molar-refractivity contribution in [3.05, 3.63) is 106 Å². The topological polar surface area (TPSA) is 38.3 Å². The first-order chi connectivity index (χ1) is 15.4. The molecule has 1 atom stereocenters. The van der Waals surface area contributed by atoms with Crippen LogP contribution in [-0.4, -0.2) is 5.91 Å². The van der Waals surface area contributed by atoms with E-state index in [9.17, 15) is 4.79 Å². The van der Waals surface area contributed by atoms with E-state index in [1.54, 1.807) is 0 Å². The highest BCUT2D eigenvalue weighted by atomic mass is 35.5. The van der Waals surface area contributed by atoms with E-state index in [1.807, 2.05) is 81.4 Å². The molecule has 4 rings (SSSR count). The zero-order valence-corrected chi connectivity index (χ0v) is 19.2. The van der Waals surface area contributed by atoms with Gasteiger partial charge in [0.2, 0.25) is 5.91 Å². The normalized spacial score (nSPS) is 11.9. The largest absolute Gasteiger partial charge is 0.487 e. The maximum atomic E-state index is 13.0. The minimum Gasteiger partial charge on any atom is -0.487 e. The quantitative estimate of drug-likeness (QED) is 0.336. The molecule has 32 heavy (non-hydrogen) atoms. The third-order valence-corrected chi connectivity index (χ3v) is 6.12. The fourth-order valence-corrected chi connectivity index (χ4v) is 4.06. The van der Waals surface area contributed by atoms with Crippen LogP contribution >= 0.6 is 11.6 Å². The number of benzene rings is 4. The van der Waals surface area contributed by atoms with E-state index in [4.69, 9.17) is 16.3 Å². The van der Waals surface area contributed by atoms with E-state index < -0.39 is 0 Å². The van der Waals surface area contributed by atoms with Gasteiger partial charge in [-0.2, -0.15) is 0 Å². The number of halogens is 1. The number of aryl methyl sites for hydroxylation is 2. The van der Waals surface area contributed by atoms with Gasteiger partial charge in [-0.25, -0.2) is 0 Å². The third-order valence-electron chi connectivity index (χ3n) is 5.82. The lowest BCUT2D eigenvalue weighted by Crippen LogP contribution is -2.19. The van der Waals surface area contributed by atoms with Gasteiger partial charge < -0.3 is 10.1 Å². The lowest BCUT2D eigenvalue weighted by molar-refractivity contribution is -0.117. The van der Waals surface area contributed by atoms with Gasteiger partial charge in [-0.1, -0.05) is 66.2 Å². The van der Waals surface area contributed by atoms with E-state index in [-0.39, 0.29) is 11.8 Å². The summed E-state index contributed by atoms with van der Waals surface area (Å²) in [5.74, 6) is 0.334. The van der Waals surface area contributed by atoms with E-state index in [0.717, 1.165) is 38.7 Å². The molecule has 0 aliphatic rings. The molecule has 0 aliphatic heterocycles. The summed E-state index contributed by atoms with van der Waals surface area (Å²) in [5, 5.41) is 5.88. The van der Waals surface area contributed by atoms with Crippen molar-refractivity contribution in [3.63, 3.8) is 0 Å². The number of hydrogen-bond donors (Lipinski definition) is 1. The second kappa shape index (κ2) is 9.46. The van der Waals surface area contributed by atoms with Gasteiger partial charge >= 0.3 is 0 Å². The van der Waals surface area contributed by atoms with Crippen molar-refractivity contribution in [2.24, 2.45) is 0 Å². The van der Waals surface area contributed by atoms with Crippen molar-refractivity contribution < 1.29 is 9.53 Å². The molecule has 0 fully saturated rings. The Hall–Kier alpha value is -3.30. The Labute approximate surface area is 194 Å². The number of amides is 1. The summed E-state index contributed by atoms with van der Waals surface area (Å²) in [4.78, 5) is 13.0. The monoisotopic (exact) mass is 443 g/mol. The summed E-state index contributed by atoms with van der Waals surface area (Å²) in [6.07, 6.45) is 0. The van der Waals surface area contributed by atoms with Crippen LogP contribution in [0.25, 0.3) is 10.8 Å². The standard InChI is InChI=1S/C28H26ClNO2/c1-18-14-26(29)27(15-19(18)2)32-17-21-8-6-11-23(16-21)30-28(31)20(3)24-13-7-10-22-9-4-5-12-25(22)24/h4-16,20H,17H2,1-3H3,(H,30,31). The highest BCUT2D eigenvalue weighted by Crippen LogP contribution is 2.29. The predicted molar refractivity (Wildman–Crippen MR) is 133 cm³/mol. The molecule has 1 N–H and O–H groups in total. The number of carbonyl (C=O) groups excluding carboxylic acids is 1. The van der Waals surface area contributed by atoms with Crippen LogP contribution in [0.15, 0.2) is 78.9 Å². The first kappa shape index (κ1) is 21.9. The van der Waals surface area contributed by atoms with Gasteiger partial charge in [-0.15, -0.1) is 0 Å². The number of hydrogen-bond acceptors (Lipinski definition) is 2. The third kappa shape index (κ3) is 4.79. The number of ether oxygens (including phenoxy) is 1. The van der Waals surface area contributed by atoms with Crippen molar-refractivity contribution in [2.45, 2.75) is 33.3 Å². The average Bonchev–Trinajstić information content (AvgIpc) is 2.80. The zero-order chi connectivity index (χ0) is 22.7. The summed E-state index contributed by atoms with van der Waals surface area (Å²) in [6, 6.07) is 25.8. The van der Waals surface area contributed by atoms with Gasteiger partial charge in [0, 0.05) is 5.69 Å². The number of carbonyl (C=O) groups is 1. The molecule has 4 aromatic rings. The molecule has 162 valence electrons. The highest BCUT2D eigenvalue weighted by Gasteiger charge is 2.18. The van der Waals surface area contributed by atoms with Gasteiger partial charge in [0.25, 0.3) is 0 Å². The average molecular weight is 444 g/mol. The molecule has 0 heterocycles. The van der Waals surface area contributed by atoms with Crippen molar-refractivity contribution in [2.75, 3.05) is 5.32 Å². The summed E-state index contributed by atoms with van der Waals surface area (Å²) in [7, 11) is 0. The summed E-state index contributed by atoms with van der Waals surface area (Å²) < 4.78 is 5.94. The SMILES string of the molecule is Cc1cc(Cl)c(OCc2cccc(NC(=O)C(C)c3cccc4ccccc34)c2)cc1C. The predicted octanol–water partition coefficient (Wildman–Crippen LogP) is 7.43. The van der Waals surface area contributed by atoms with Gasteiger partial charge in [-0.05, 0) is 78.1 Å². The van der Waals surface area contributed by atoms with Gasteiger partial charge in [0.1, 0.15) is 12.4 Å². The highest BCUT2D eigenvalue weighted by molar-refractivity contribution is 6.32. The van der Waals surface area contributed by atoms with E-state index >= 15 is 0 Å². The zero-order valence-electron chi connectivity index (χ0n) is 18.5. The molecular weight excluding hydrogens is 418 g/mol. The van der Waals surface area contributed by atoms with Gasteiger partial charge in [-0.3, -0.25) is 4.79 Å². The van der Waals surface area contributed by atoms with Crippen LogP contribution in [0.2, 0.25) is 5.02 Å². The lowest BCUT2D eigenvalue weighted by Gasteiger charge is -2.16. The van der Waals surface area contributed by atoms with Crippen molar-refractivity contribution in [3.8, 4) is 5.75 Å². The van der Waals surface area contributed by atoms with E-state index in [1.165, 1.54) is 0 Å². The van der Waals surface area contributed by atoms with Crippen molar-refractivity contribution in [1.29, 1.82) is 0 Å². The minimum atomic E-state index is -0.282. The Kier molecular flexibility index (Phi) is 6.48. The first-order valence-electron chi connectivity index (χ1n) is 10.7. The molecule has 4 heteroatoms. The molecule has 1 amide bonds. The number of anilines is 1. The van der Waals surface area contributed by atoms with Crippen LogP contribution in [0, 0.1) is 13.8 Å². The van der Waals surface area contributed by atoms with E-state index in [0.29, 0.717) is 17.4 Å². The Bertz CT molecular complexity index is 1280. The molecule has 0 radical (unpaired) electrons. The van der Waals surface area contributed by atoms with Gasteiger partial charge in [0.05, 0.1) is 10.9 Å². The van der Waals surface area contributed by atoms with Gasteiger partial charge in [0.15, 0.2) is 0 Å². The molecule has 0 aromatic heterocycles. The molecule has 0 spiro atoms. The maximum Gasteiger partial charge on any atom is 0.231 e. The second-order valence-corrected chi connectivity index (χ2v) is 8.54. The van der Waals surface area contributed by atoms with Crippen molar-refractivity contribution in [1.82, 2.24) is 0 Å². The fourth-order valence-electron chi connectivity index (χ4n) is 3.78. The molecule has 4 aromatic carbocycles. The number of fused-ring (bicyclic) bond motifs is 1. The summed E-state index contributed by atoms with van der Waals surface area (Å²) >= 11 is 6.32. The van der Waals surface area contributed by atoms with Crippen LogP contribution in [0.5, 0.6) is 5.75 Å². The maximum absolute atomic E-state index is 13.0. The summed E-state index contributed by atoms with van der Waals surface area (Å²) in [6.45, 7) is 6.36. The molecule has 0 aliphatic carbocycles. The van der Waals surface area contributed by atoms with E-state index in [2.05, 4.69) is 23.5 Å². The molecule has 0 bridgehead atoms. The van der Waals surface area contributed by atoms with Crippen LogP contribution in [0.4, 0.5) is 5.69 Å². The number of nitrogens with one attached hydrogen (secondary N) is 1. The molecule has 3 nitrogen and oxygen atoms in total. The fraction of sp³-hybridized carbons (Fsp3) is 0.179. The lowest BCUT2D eigenvalue weighted by atomic mass is 9.94. The molecule has 0 saturated heterocycles. The Morgan fingerprint density at radius 2 is 1.66 bits per heavy atom. The molecule has 1 unspecified atom stereocenters.